The first kappa shape index (κ1) is 30.5. The average Bonchev–Trinajstić information content (AvgIpc) is 3.66. The molecule has 43 heavy (non-hydrogen) atoms. The van der Waals surface area contributed by atoms with Gasteiger partial charge < -0.3 is 20.7 Å². The van der Waals surface area contributed by atoms with Crippen molar-refractivity contribution in [3.8, 4) is 0 Å². The number of carbonyl (C=O) groups excluding carboxylic acids is 4. The van der Waals surface area contributed by atoms with Gasteiger partial charge in [0.25, 0.3) is 0 Å². The standard InChI is InChI=1S/C30H32F4N4O5/c1-16(2)25(35)27(41)36-20-9-10-22-21(11-20)23(39)12-29(22)15-37(28(42)43-29)14-24(40)38(13-17-3-7-19(31)8-4-17)26(18-5-6-18)30(32,33)34/h3-4,7-11,16,18,25-26H,5-6,12-15,35H2,1-2H3,(H,36,41)/t25-,26-,29+/m1/s1. The van der Waals surface area contributed by atoms with Gasteiger partial charge in [-0.1, -0.05) is 32.0 Å². The van der Waals surface area contributed by atoms with E-state index < -0.39 is 66.6 Å². The molecule has 1 heterocycles. The molecule has 3 atom stereocenters. The molecule has 3 N–H and O–H groups in total. The van der Waals surface area contributed by atoms with Crippen LogP contribution in [0, 0.1) is 17.7 Å². The highest BCUT2D eigenvalue weighted by Crippen LogP contribution is 2.46. The van der Waals surface area contributed by atoms with Crippen molar-refractivity contribution in [2.45, 2.75) is 63.5 Å². The summed E-state index contributed by atoms with van der Waals surface area (Å²) in [7, 11) is 0. The molecule has 0 aromatic heterocycles. The third-order valence-corrected chi connectivity index (χ3v) is 8.18. The molecule has 0 bridgehead atoms. The van der Waals surface area contributed by atoms with E-state index in [4.69, 9.17) is 10.5 Å². The van der Waals surface area contributed by atoms with E-state index >= 15 is 0 Å². The second-order valence-electron chi connectivity index (χ2n) is 11.8. The summed E-state index contributed by atoms with van der Waals surface area (Å²) in [5, 5.41) is 2.67. The maximum absolute atomic E-state index is 14.2. The predicted octanol–water partition coefficient (Wildman–Crippen LogP) is 4.35. The van der Waals surface area contributed by atoms with Crippen molar-refractivity contribution in [2.75, 3.05) is 18.4 Å². The topological polar surface area (TPSA) is 122 Å². The molecule has 2 fully saturated rings. The number of anilines is 1. The van der Waals surface area contributed by atoms with E-state index in [1.807, 2.05) is 0 Å². The van der Waals surface area contributed by atoms with Gasteiger partial charge in [0.05, 0.1) is 19.0 Å². The Balaban J connectivity index is 1.35. The van der Waals surface area contributed by atoms with Crippen molar-refractivity contribution in [1.82, 2.24) is 9.80 Å². The summed E-state index contributed by atoms with van der Waals surface area (Å²) < 4.78 is 61.6. The monoisotopic (exact) mass is 604 g/mol. The summed E-state index contributed by atoms with van der Waals surface area (Å²) in [6.07, 6.45) is -5.28. The highest BCUT2D eigenvalue weighted by Gasteiger charge is 2.56. The SMILES string of the molecule is CC(C)[C@@H](N)C(=O)Nc1ccc2c(c1)C(=O)C[C@]21CN(CC(=O)N(Cc2ccc(F)cc2)[C@H](C2CC2)C(F)(F)F)C(=O)O1. The number of rotatable bonds is 9. The highest BCUT2D eigenvalue weighted by atomic mass is 19.4. The number of ether oxygens (including phenoxy) is 1. The Morgan fingerprint density at radius 1 is 1.14 bits per heavy atom. The lowest BCUT2D eigenvalue weighted by atomic mass is 9.95. The van der Waals surface area contributed by atoms with E-state index in [0.29, 0.717) is 34.6 Å². The third-order valence-electron chi connectivity index (χ3n) is 8.18. The molecule has 1 aliphatic heterocycles. The number of amides is 3. The summed E-state index contributed by atoms with van der Waals surface area (Å²) in [6.45, 7) is 2.23. The van der Waals surface area contributed by atoms with E-state index in [1.54, 1.807) is 26.0 Å². The predicted molar refractivity (Wildman–Crippen MR) is 146 cm³/mol. The summed E-state index contributed by atoms with van der Waals surface area (Å²) >= 11 is 0. The lowest BCUT2D eigenvalue weighted by Gasteiger charge is -2.34. The molecule has 1 spiro atoms. The molecule has 2 aromatic rings. The van der Waals surface area contributed by atoms with Crippen molar-refractivity contribution in [1.29, 1.82) is 0 Å². The van der Waals surface area contributed by atoms with Gasteiger partial charge in [-0.05, 0) is 54.5 Å². The number of hydrogen-bond acceptors (Lipinski definition) is 6. The van der Waals surface area contributed by atoms with Crippen LogP contribution in [0.5, 0.6) is 0 Å². The number of carbonyl (C=O) groups is 4. The molecule has 3 amide bonds. The smallest absolute Gasteiger partial charge is 0.411 e. The van der Waals surface area contributed by atoms with Gasteiger partial charge in [0.2, 0.25) is 11.8 Å². The van der Waals surface area contributed by atoms with Gasteiger partial charge in [0.15, 0.2) is 11.4 Å². The van der Waals surface area contributed by atoms with Crippen LogP contribution in [0.1, 0.15) is 54.6 Å². The van der Waals surface area contributed by atoms with Crippen LogP contribution in [0.3, 0.4) is 0 Å². The molecule has 13 heteroatoms. The molecule has 0 unspecified atom stereocenters. The third kappa shape index (κ3) is 6.22. The minimum Gasteiger partial charge on any atom is -0.435 e. The first-order chi connectivity index (χ1) is 20.2. The van der Waals surface area contributed by atoms with Gasteiger partial charge in [0.1, 0.15) is 18.4 Å². The van der Waals surface area contributed by atoms with Crippen molar-refractivity contribution in [3.63, 3.8) is 0 Å². The van der Waals surface area contributed by atoms with Crippen LogP contribution in [-0.4, -0.2) is 64.8 Å². The van der Waals surface area contributed by atoms with Crippen LogP contribution < -0.4 is 11.1 Å². The fourth-order valence-corrected chi connectivity index (χ4v) is 5.71. The number of hydrogen-bond donors (Lipinski definition) is 2. The molecule has 2 aliphatic carbocycles. The molecule has 2 aromatic carbocycles. The van der Waals surface area contributed by atoms with E-state index in [0.717, 1.165) is 17.0 Å². The summed E-state index contributed by atoms with van der Waals surface area (Å²) in [5.41, 5.74) is 5.70. The van der Waals surface area contributed by atoms with Gasteiger partial charge >= 0.3 is 12.3 Å². The Hall–Kier alpha value is -4.00. The Kier molecular flexibility index (Phi) is 7.97. The first-order valence-electron chi connectivity index (χ1n) is 14.0. The van der Waals surface area contributed by atoms with E-state index in [9.17, 15) is 36.7 Å². The van der Waals surface area contributed by atoms with Crippen LogP contribution in [0.4, 0.5) is 28.0 Å². The average molecular weight is 605 g/mol. The molecular formula is C30H32F4N4O5. The fraction of sp³-hybridized carbons (Fsp3) is 0.467. The Bertz CT molecular complexity index is 1440. The second-order valence-corrected chi connectivity index (χ2v) is 11.8. The van der Waals surface area contributed by atoms with Gasteiger partial charge in [-0.2, -0.15) is 13.2 Å². The van der Waals surface area contributed by atoms with Crippen molar-refractivity contribution < 1.29 is 41.5 Å². The minimum absolute atomic E-state index is 0.117. The molecule has 0 radical (unpaired) electrons. The quantitative estimate of drug-likeness (QED) is 0.411. The summed E-state index contributed by atoms with van der Waals surface area (Å²) in [4.78, 5) is 53.5. The highest BCUT2D eigenvalue weighted by molar-refractivity contribution is 6.04. The van der Waals surface area contributed by atoms with Gasteiger partial charge in [0, 0.05) is 23.4 Å². The number of ketones is 1. The normalized spacial score (nSPS) is 21.2. The molecule has 5 rings (SSSR count). The largest absolute Gasteiger partial charge is 0.435 e. The zero-order valence-corrected chi connectivity index (χ0v) is 23.6. The van der Waals surface area contributed by atoms with Crippen LogP contribution >= 0.6 is 0 Å². The maximum Gasteiger partial charge on any atom is 0.411 e. The Morgan fingerprint density at radius 2 is 1.81 bits per heavy atom. The summed E-state index contributed by atoms with van der Waals surface area (Å²) in [6, 6.07) is 6.54. The van der Waals surface area contributed by atoms with Gasteiger partial charge in [-0.3, -0.25) is 19.3 Å². The molecular weight excluding hydrogens is 572 g/mol. The zero-order valence-electron chi connectivity index (χ0n) is 23.6. The molecule has 1 saturated carbocycles. The molecule has 230 valence electrons. The van der Waals surface area contributed by atoms with Crippen LogP contribution in [0.25, 0.3) is 0 Å². The van der Waals surface area contributed by atoms with Gasteiger partial charge in [-0.15, -0.1) is 0 Å². The lowest BCUT2D eigenvalue weighted by Crippen LogP contribution is -2.52. The second kappa shape index (κ2) is 11.3. The maximum atomic E-state index is 14.2. The molecule has 1 saturated heterocycles. The number of fused-ring (bicyclic) bond motifs is 2. The number of alkyl halides is 3. The summed E-state index contributed by atoms with van der Waals surface area (Å²) in [5.74, 6) is -3.19. The number of halogens is 4. The van der Waals surface area contributed by atoms with E-state index in [2.05, 4.69) is 5.32 Å². The number of Topliss-reactive ketones (excluding diaryl/α,β-unsaturated/α-hetero) is 1. The van der Waals surface area contributed by atoms with Crippen LogP contribution in [-0.2, 0) is 26.5 Å². The van der Waals surface area contributed by atoms with Crippen LogP contribution in [0.15, 0.2) is 42.5 Å². The number of nitrogens with one attached hydrogen (secondary N) is 1. The minimum atomic E-state index is -4.72. The number of benzene rings is 2. The molecule has 9 nitrogen and oxygen atoms in total. The Morgan fingerprint density at radius 3 is 2.42 bits per heavy atom. The number of nitrogens with zero attached hydrogens (tertiary/aromatic N) is 2. The number of nitrogens with two attached hydrogens (primary N) is 1. The van der Waals surface area contributed by atoms with Gasteiger partial charge in [-0.25, -0.2) is 9.18 Å². The fourth-order valence-electron chi connectivity index (χ4n) is 5.71. The van der Waals surface area contributed by atoms with E-state index in [-0.39, 0.29) is 30.2 Å². The molecule has 3 aliphatic rings. The lowest BCUT2D eigenvalue weighted by molar-refractivity contribution is -0.196. The van der Waals surface area contributed by atoms with Crippen molar-refractivity contribution in [2.24, 2.45) is 17.6 Å². The van der Waals surface area contributed by atoms with Crippen molar-refractivity contribution in [3.05, 3.63) is 65.0 Å². The van der Waals surface area contributed by atoms with E-state index in [1.165, 1.54) is 18.2 Å². The van der Waals surface area contributed by atoms with Crippen LogP contribution in [0.2, 0.25) is 0 Å². The van der Waals surface area contributed by atoms with Crippen molar-refractivity contribution >= 4 is 29.4 Å². The Labute approximate surface area is 245 Å². The first-order valence-corrected chi connectivity index (χ1v) is 14.0. The zero-order chi connectivity index (χ0) is 31.3.